The molecule has 0 aromatic heterocycles. The molecule has 1 aromatic carbocycles. The predicted octanol–water partition coefficient (Wildman–Crippen LogP) is 0.511. The van der Waals surface area contributed by atoms with Crippen molar-refractivity contribution in [2.24, 2.45) is 0 Å². The number of ether oxygens (including phenoxy) is 1. The first-order chi connectivity index (χ1) is 9.17. The molecule has 104 valence electrons. The van der Waals surface area contributed by atoms with Crippen LogP contribution in [0.2, 0.25) is 0 Å². The van der Waals surface area contributed by atoms with Gasteiger partial charge in [-0.25, -0.2) is 0 Å². The second-order valence-corrected chi connectivity index (χ2v) is 5.25. The third-order valence-electron chi connectivity index (χ3n) is 2.40. The predicted molar refractivity (Wildman–Crippen MR) is 74.8 cm³/mol. The van der Waals surface area contributed by atoms with E-state index in [2.05, 4.69) is 18.6 Å². The van der Waals surface area contributed by atoms with Gasteiger partial charge in [0.2, 0.25) is 0 Å². The molecule has 19 heavy (non-hydrogen) atoms. The normalized spacial score (nSPS) is 23.1. The van der Waals surface area contributed by atoms with Gasteiger partial charge in [0.25, 0.3) is 0 Å². The first-order valence-corrected chi connectivity index (χ1v) is 6.78. The maximum atomic E-state index is 9.50. The summed E-state index contributed by atoms with van der Waals surface area (Å²) in [5.74, 6) is 1.92. The number of rotatable bonds is 3. The van der Waals surface area contributed by atoms with Crippen molar-refractivity contribution in [2.45, 2.75) is 22.4 Å². The molecular formula is C14H18O4S. The van der Waals surface area contributed by atoms with E-state index in [1.54, 1.807) is 11.8 Å². The Balaban J connectivity index is 0.000000258. The molecule has 1 aromatic rings. The van der Waals surface area contributed by atoms with E-state index < -0.39 is 6.10 Å². The smallest absolute Gasteiger partial charge is 0.137 e. The number of aliphatic hydroxyl groups excluding tert-OH is 3. The summed E-state index contributed by atoms with van der Waals surface area (Å²) in [7, 11) is 0. The van der Waals surface area contributed by atoms with Crippen LogP contribution in [0, 0.1) is 12.3 Å². The molecule has 1 unspecified atom stereocenters. The highest BCUT2D eigenvalue weighted by Crippen LogP contribution is 2.28. The van der Waals surface area contributed by atoms with Crippen molar-refractivity contribution in [1.82, 2.24) is 0 Å². The van der Waals surface area contributed by atoms with Gasteiger partial charge in [-0.1, -0.05) is 24.1 Å². The molecule has 1 saturated heterocycles. The van der Waals surface area contributed by atoms with E-state index in [1.165, 1.54) is 4.90 Å². The van der Waals surface area contributed by atoms with E-state index in [4.69, 9.17) is 14.9 Å². The molecule has 0 saturated carbocycles. The van der Waals surface area contributed by atoms with Crippen molar-refractivity contribution in [3.05, 3.63) is 30.3 Å². The SMILES string of the molecule is C#CC(O)CO.O[C@@H]1COC[C@H]1Sc1ccccc1. The van der Waals surface area contributed by atoms with Gasteiger partial charge >= 0.3 is 0 Å². The van der Waals surface area contributed by atoms with Gasteiger partial charge in [0.05, 0.1) is 31.2 Å². The Hall–Kier alpha value is -1.03. The zero-order chi connectivity index (χ0) is 14.1. The van der Waals surface area contributed by atoms with Crippen LogP contribution < -0.4 is 0 Å². The van der Waals surface area contributed by atoms with Crippen LogP contribution in [-0.2, 0) is 4.74 Å². The summed E-state index contributed by atoms with van der Waals surface area (Å²) >= 11 is 1.68. The van der Waals surface area contributed by atoms with Crippen molar-refractivity contribution in [3.8, 4) is 12.3 Å². The standard InChI is InChI=1S/C10H12O2S.C4H6O2/c11-9-6-12-7-10(9)13-8-4-2-1-3-5-8;1-2-4(6)3-5/h1-5,9-11H,6-7H2;1,4-6H,3H2/t9-,10-;/m1./s1. The number of benzene rings is 1. The number of hydrogen-bond donors (Lipinski definition) is 3. The highest BCUT2D eigenvalue weighted by atomic mass is 32.2. The van der Waals surface area contributed by atoms with Crippen LogP contribution in [0.15, 0.2) is 35.2 Å². The summed E-state index contributed by atoms with van der Waals surface area (Å²) in [6.45, 7) is 0.779. The summed E-state index contributed by atoms with van der Waals surface area (Å²) in [5, 5.41) is 25.8. The van der Waals surface area contributed by atoms with Crippen molar-refractivity contribution >= 4 is 11.8 Å². The summed E-state index contributed by atoms with van der Waals surface area (Å²) in [5.41, 5.74) is 0. The molecule has 0 radical (unpaired) electrons. The fourth-order valence-electron chi connectivity index (χ4n) is 1.36. The number of terminal acetylenes is 1. The van der Waals surface area contributed by atoms with Crippen LogP contribution in [0.4, 0.5) is 0 Å². The monoisotopic (exact) mass is 282 g/mol. The lowest BCUT2D eigenvalue weighted by atomic mass is 10.3. The third kappa shape index (κ3) is 6.10. The zero-order valence-corrected chi connectivity index (χ0v) is 11.3. The fourth-order valence-corrected chi connectivity index (χ4v) is 2.43. The molecule has 1 fully saturated rings. The molecule has 3 N–H and O–H groups in total. The van der Waals surface area contributed by atoms with Gasteiger partial charge in [-0.3, -0.25) is 0 Å². The van der Waals surface area contributed by atoms with Gasteiger partial charge in [0, 0.05) is 4.90 Å². The minimum atomic E-state index is -0.981. The van der Waals surface area contributed by atoms with E-state index in [-0.39, 0.29) is 18.0 Å². The molecule has 0 aliphatic carbocycles. The highest BCUT2D eigenvalue weighted by Gasteiger charge is 2.26. The van der Waals surface area contributed by atoms with Gasteiger partial charge in [0.1, 0.15) is 6.10 Å². The molecule has 1 aliphatic rings. The Kier molecular flexibility index (Phi) is 7.56. The lowest BCUT2D eigenvalue weighted by Crippen LogP contribution is -2.19. The third-order valence-corrected chi connectivity index (χ3v) is 3.69. The highest BCUT2D eigenvalue weighted by molar-refractivity contribution is 8.00. The molecule has 5 heteroatoms. The molecule has 0 spiro atoms. The molecule has 0 bridgehead atoms. The van der Waals surface area contributed by atoms with Gasteiger partial charge in [0.15, 0.2) is 0 Å². The molecule has 3 atom stereocenters. The van der Waals surface area contributed by atoms with Crippen LogP contribution in [0.25, 0.3) is 0 Å². The van der Waals surface area contributed by atoms with E-state index in [1.807, 2.05) is 24.1 Å². The average molecular weight is 282 g/mol. The van der Waals surface area contributed by atoms with E-state index in [0.717, 1.165) is 0 Å². The Labute approximate surface area is 117 Å². The quantitative estimate of drug-likeness (QED) is 0.705. The minimum Gasteiger partial charge on any atom is -0.393 e. The van der Waals surface area contributed by atoms with E-state index >= 15 is 0 Å². The van der Waals surface area contributed by atoms with Crippen molar-refractivity contribution < 1.29 is 20.1 Å². The Morgan fingerprint density at radius 1 is 1.37 bits per heavy atom. The van der Waals surface area contributed by atoms with Crippen LogP contribution in [0.1, 0.15) is 0 Å². The van der Waals surface area contributed by atoms with Crippen LogP contribution >= 0.6 is 11.8 Å². The maximum Gasteiger partial charge on any atom is 0.137 e. The Bertz CT molecular complexity index is 390. The van der Waals surface area contributed by atoms with Gasteiger partial charge < -0.3 is 20.1 Å². The molecule has 2 rings (SSSR count). The van der Waals surface area contributed by atoms with Crippen LogP contribution in [-0.4, -0.2) is 52.6 Å². The molecule has 1 heterocycles. The summed E-state index contributed by atoms with van der Waals surface area (Å²) in [6, 6.07) is 10.1. The van der Waals surface area contributed by atoms with Crippen molar-refractivity contribution in [1.29, 1.82) is 0 Å². The second-order valence-electron chi connectivity index (χ2n) is 3.94. The average Bonchev–Trinajstić information content (AvgIpc) is 2.85. The second kappa shape index (κ2) is 8.97. The van der Waals surface area contributed by atoms with Crippen LogP contribution in [0.5, 0.6) is 0 Å². The molecule has 0 amide bonds. The fraction of sp³-hybridized carbons (Fsp3) is 0.429. The molecule has 1 aliphatic heterocycles. The number of thioether (sulfide) groups is 1. The van der Waals surface area contributed by atoms with Crippen molar-refractivity contribution in [2.75, 3.05) is 19.8 Å². The molecule has 4 nitrogen and oxygen atoms in total. The number of hydrogen-bond acceptors (Lipinski definition) is 5. The first kappa shape index (κ1) is 16.0. The maximum absolute atomic E-state index is 9.50. The van der Waals surface area contributed by atoms with Crippen molar-refractivity contribution in [3.63, 3.8) is 0 Å². The van der Waals surface area contributed by atoms with Gasteiger partial charge in [-0.15, -0.1) is 18.2 Å². The number of aliphatic hydroxyl groups is 3. The van der Waals surface area contributed by atoms with E-state index in [9.17, 15) is 5.11 Å². The summed E-state index contributed by atoms with van der Waals surface area (Å²) in [6.07, 6.45) is 3.33. The van der Waals surface area contributed by atoms with Crippen LogP contribution in [0.3, 0.4) is 0 Å². The largest absolute Gasteiger partial charge is 0.393 e. The first-order valence-electron chi connectivity index (χ1n) is 5.90. The Morgan fingerprint density at radius 2 is 2.05 bits per heavy atom. The Morgan fingerprint density at radius 3 is 2.47 bits per heavy atom. The van der Waals surface area contributed by atoms with E-state index in [0.29, 0.717) is 13.2 Å². The topological polar surface area (TPSA) is 69.9 Å². The summed E-state index contributed by atoms with van der Waals surface area (Å²) < 4.78 is 5.17. The van der Waals surface area contributed by atoms with Gasteiger partial charge in [-0.2, -0.15) is 0 Å². The zero-order valence-electron chi connectivity index (χ0n) is 10.5. The molecular weight excluding hydrogens is 264 g/mol. The van der Waals surface area contributed by atoms with Gasteiger partial charge in [-0.05, 0) is 12.1 Å². The lowest BCUT2D eigenvalue weighted by molar-refractivity contribution is 0.127. The minimum absolute atomic E-state index is 0.197. The summed E-state index contributed by atoms with van der Waals surface area (Å²) in [4.78, 5) is 1.19. The lowest BCUT2D eigenvalue weighted by Gasteiger charge is -2.10.